The van der Waals surface area contributed by atoms with Gasteiger partial charge in [0.15, 0.2) is 11.6 Å². The Balaban J connectivity index is 2.13. The predicted molar refractivity (Wildman–Crippen MR) is 73.0 cm³/mol. The van der Waals surface area contributed by atoms with E-state index in [2.05, 4.69) is 15.3 Å². The van der Waals surface area contributed by atoms with E-state index in [1.807, 2.05) is 0 Å². The zero-order valence-corrected chi connectivity index (χ0v) is 11.7. The Kier molecular flexibility index (Phi) is 4.52. The normalized spacial score (nSPS) is 18.3. The van der Waals surface area contributed by atoms with Crippen LogP contribution >= 0.6 is 0 Å². The van der Waals surface area contributed by atoms with Gasteiger partial charge < -0.3 is 10.4 Å². The van der Waals surface area contributed by atoms with Crippen molar-refractivity contribution in [2.24, 2.45) is 5.41 Å². The molecule has 0 spiro atoms. The molecule has 0 unspecified atom stereocenters. The highest BCUT2D eigenvalue weighted by atomic mass is 19.1. The second kappa shape index (κ2) is 6.15. The minimum atomic E-state index is -0.818. The Hall–Kier alpha value is -1.72. The van der Waals surface area contributed by atoms with Gasteiger partial charge in [-0.3, -0.25) is 4.79 Å². The van der Waals surface area contributed by atoms with Gasteiger partial charge in [0.05, 0.1) is 11.1 Å². The van der Waals surface area contributed by atoms with Crippen molar-refractivity contribution in [3.63, 3.8) is 0 Å². The van der Waals surface area contributed by atoms with Crippen molar-refractivity contribution in [3.05, 3.63) is 17.8 Å². The molecule has 6 heteroatoms. The minimum absolute atomic E-state index is 0.0855. The molecular formula is C14H20FN3O2. The van der Waals surface area contributed by atoms with Crippen LogP contribution in [0.3, 0.4) is 0 Å². The Morgan fingerprint density at radius 2 is 2.00 bits per heavy atom. The number of nitrogens with one attached hydrogen (secondary N) is 1. The predicted octanol–water partition coefficient (Wildman–Crippen LogP) is 2.76. The number of halogens is 1. The first-order valence-corrected chi connectivity index (χ1v) is 6.99. The lowest BCUT2D eigenvalue weighted by molar-refractivity contribution is -0.149. The zero-order valence-electron chi connectivity index (χ0n) is 11.7. The highest BCUT2D eigenvalue weighted by Gasteiger charge is 2.38. The third kappa shape index (κ3) is 3.05. The first-order valence-electron chi connectivity index (χ1n) is 6.99. The summed E-state index contributed by atoms with van der Waals surface area (Å²) in [4.78, 5) is 19.2. The molecule has 0 bridgehead atoms. The average Bonchev–Trinajstić information content (AvgIpc) is 2.67. The molecule has 2 N–H and O–H groups in total. The van der Waals surface area contributed by atoms with Gasteiger partial charge in [0.2, 0.25) is 0 Å². The lowest BCUT2D eigenvalue weighted by Gasteiger charge is -2.28. The molecule has 0 saturated heterocycles. The van der Waals surface area contributed by atoms with Crippen LogP contribution in [0.1, 0.15) is 44.2 Å². The fourth-order valence-corrected chi connectivity index (χ4v) is 2.71. The number of carboxylic acids is 1. The maximum Gasteiger partial charge on any atom is 0.311 e. The van der Waals surface area contributed by atoms with Crippen LogP contribution in [0.15, 0.2) is 6.33 Å². The molecule has 1 aromatic rings. The highest BCUT2D eigenvalue weighted by Crippen LogP contribution is 2.35. The number of anilines is 1. The second-order valence-electron chi connectivity index (χ2n) is 5.47. The quantitative estimate of drug-likeness (QED) is 0.830. The van der Waals surface area contributed by atoms with Crippen molar-refractivity contribution >= 4 is 11.8 Å². The lowest BCUT2D eigenvalue weighted by Crippen LogP contribution is -2.38. The fourth-order valence-electron chi connectivity index (χ4n) is 2.71. The van der Waals surface area contributed by atoms with Crippen LogP contribution < -0.4 is 5.32 Å². The van der Waals surface area contributed by atoms with E-state index in [0.717, 1.165) is 25.7 Å². The van der Waals surface area contributed by atoms with E-state index in [0.29, 0.717) is 12.8 Å². The van der Waals surface area contributed by atoms with Crippen LogP contribution in [0.2, 0.25) is 0 Å². The van der Waals surface area contributed by atoms with Crippen LogP contribution in [-0.4, -0.2) is 27.6 Å². The highest BCUT2D eigenvalue weighted by molar-refractivity contribution is 5.75. The summed E-state index contributed by atoms with van der Waals surface area (Å²) in [5, 5.41) is 12.4. The van der Waals surface area contributed by atoms with Crippen molar-refractivity contribution < 1.29 is 14.3 Å². The summed E-state index contributed by atoms with van der Waals surface area (Å²) in [6.07, 6.45) is 6.47. The molecule has 2 rings (SSSR count). The molecule has 110 valence electrons. The molecule has 0 aliphatic heterocycles. The molecule has 1 heterocycles. The van der Waals surface area contributed by atoms with Crippen LogP contribution in [-0.2, 0) is 4.79 Å². The molecule has 1 aliphatic carbocycles. The Morgan fingerprint density at radius 1 is 1.35 bits per heavy atom. The molecule has 1 aromatic heterocycles. The van der Waals surface area contributed by atoms with E-state index in [1.54, 1.807) is 6.92 Å². The SMILES string of the molecule is Cc1ncnc(NCC2(C(=O)O)CCCCCC2)c1F. The lowest BCUT2D eigenvalue weighted by atomic mass is 9.80. The van der Waals surface area contributed by atoms with Crippen molar-refractivity contribution in [2.45, 2.75) is 45.4 Å². The number of rotatable bonds is 4. The average molecular weight is 281 g/mol. The van der Waals surface area contributed by atoms with E-state index in [9.17, 15) is 14.3 Å². The van der Waals surface area contributed by atoms with Gasteiger partial charge in [-0.15, -0.1) is 0 Å². The van der Waals surface area contributed by atoms with Crippen LogP contribution in [0.5, 0.6) is 0 Å². The van der Waals surface area contributed by atoms with Gasteiger partial charge in [-0.1, -0.05) is 25.7 Å². The van der Waals surface area contributed by atoms with E-state index in [4.69, 9.17) is 0 Å². The van der Waals surface area contributed by atoms with Crippen molar-refractivity contribution in [2.75, 3.05) is 11.9 Å². The topological polar surface area (TPSA) is 75.1 Å². The van der Waals surface area contributed by atoms with Crippen molar-refractivity contribution in [1.82, 2.24) is 9.97 Å². The number of carbonyl (C=O) groups is 1. The first kappa shape index (κ1) is 14.7. The van der Waals surface area contributed by atoms with Crippen LogP contribution in [0.25, 0.3) is 0 Å². The number of aliphatic carboxylic acids is 1. The molecule has 1 fully saturated rings. The van der Waals surface area contributed by atoms with Crippen LogP contribution in [0.4, 0.5) is 10.2 Å². The zero-order chi connectivity index (χ0) is 14.6. The fraction of sp³-hybridized carbons (Fsp3) is 0.643. The molecular weight excluding hydrogens is 261 g/mol. The number of aryl methyl sites for hydroxylation is 1. The molecule has 1 aliphatic rings. The molecule has 0 amide bonds. The van der Waals surface area contributed by atoms with Gasteiger partial charge in [0.25, 0.3) is 0 Å². The summed E-state index contributed by atoms with van der Waals surface area (Å²) < 4.78 is 13.8. The number of hydrogen-bond acceptors (Lipinski definition) is 4. The second-order valence-corrected chi connectivity index (χ2v) is 5.47. The molecule has 0 aromatic carbocycles. The van der Waals surface area contributed by atoms with Gasteiger partial charge in [-0.05, 0) is 19.8 Å². The maximum absolute atomic E-state index is 13.8. The van der Waals surface area contributed by atoms with Gasteiger partial charge in [-0.2, -0.15) is 0 Å². The smallest absolute Gasteiger partial charge is 0.311 e. The summed E-state index contributed by atoms with van der Waals surface area (Å²) in [6, 6.07) is 0. The summed E-state index contributed by atoms with van der Waals surface area (Å²) >= 11 is 0. The molecule has 5 nitrogen and oxygen atoms in total. The van der Waals surface area contributed by atoms with E-state index < -0.39 is 17.2 Å². The minimum Gasteiger partial charge on any atom is -0.481 e. The maximum atomic E-state index is 13.8. The summed E-state index contributed by atoms with van der Waals surface area (Å²) in [7, 11) is 0. The van der Waals surface area contributed by atoms with Gasteiger partial charge in [0, 0.05) is 6.54 Å². The standard InChI is InChI=1S/C14H20FN3O2/c1-10-11(15)12(18-9-17-10)16-8-14(13(19)20)6-4-2-3-5-7-14/h9H,2-8H2,1H3,(H,19,20)(H,16,17,18). The summed E-state index contributed by atoms with van der Waals surface area (Å²) in [5.41, 5.74) is -0.560. The largest absolute Gasteiger partial charge is 0.481 e. The number of carboxylic acid groups (broad SMARTS) is 1. The van der Waals surface area contributed by atoms with Crippen molar-refractivity contribution in [3.8, 4) is 0 Å². The molecule has 1 saturated carbocycles. The van der Waals surface area contributed by atoms with Crippen molar-refractivity contribution in [1.29, 1.82) is 0 Å². The Labute approximate surface area is 117 Å². The molecule has 0 radical (unpaired) electrons. The summed E-state index contributed by atoms with van der Waals surface area (Å²) in [5.74, 6) is -1.23. The van der Waals surface area contributed by atoms with Crippen LogP contribution in [0, 0.1) is 18.2 Å². The van der Waals surface area contributed by atoms with Gasteiger partial charge in [-0.25, -0.2) is 14.4 Å². The number of nitrogens with zero attached hydrogens (tertiary/aromatic N) is 2. The number of aromatic nitrogens is 2. The number of hydrogen-bond donors (Lipinski definition) is 2. The summed E-state index contributed by atoms with van der Waals surface area (Å²) in [6.45, 7) is 1.76. The van der Waals surface area contributed by atoms with Gasteiger partial charge >= 0.3 is 5.97 Å². The molecule has 0 atom stereocenters. The Bertz CT molecular complexity index is 485. The van der Waals surface area contributed by atoms with E-state index in [-0.39, 0.29) is 18.1 Å². The van der Waals surface area contributed by atoms with E-state index in [1.165, 1.54) is 6.33 Å². The Morgan fingerprint density at radius 3 is 2.60 bits per heavy atom. The monoisotopic (exact) mass is 281 g/mol. The third-order valence-electron chi connectivity index (χ3n) is 4.07. The van der Waals surface area contributed by atoms with Gasteiger partial charge in [0.1, 0.15) is 6.33 Å². The van der Waals surface area contributed by atoms with E-state index >= 15 is 0 Å². The molecule has 20 heavy (non-hydrogen) atoms. The first-order chi connectivity index (χ1) is 9.55. The third-order valence-corrected chi connectivity index (χ3v) is 4.07.